The first-order valence-electron chi connectivity index (χ1n) is 6.07. The largest absolute Gasteiger partial charge is 0.271 e. The highest BCUT2D eigenvalue weighted by molar-refractivity contribution is 6.31. The molecule has 0 aromatic heterocycles. The number of nitrogens with one attached hydrogen (secondary N) is 1. The second-order valence-electron chi connectivity index (χ2n) is 4.51. The van der Waals surface area contributed by atoms with E-state index in [4.69, 9.17) is 17.4 Å². The smallest absolute Gasteiger partial charge is 0.123 e. The monoisotopic (exact) mass is 278 g/mol. The Morgan fingerprint density at radius 2 is 2.00 bits per heavy atom. The third kappa shape index (κ3) is 3.32. The third-order valence-corrected chi connectivity index (χ3v) is 3.62. The Hall–Kier alpha value is -1.42. The SMILES string of the molecule is Cc1c(Cl)cccc1C(Cc1cccc(F)c1)NN. The summed E-state index contributed by atoms with van der Waals surface area (Å²) in [4.78, 5) is 0. The minimum Gasteiger partial charge on any atom is -0.271 e. The first kappa shape index (κ1) is 14.0. The predicted molar refractivity (Wildman–Crippen MR) is 76.4 cm³/mol. The lowest BCUT2D eigenvalue weighted by Crippen LogP contribution is -2.30. The summed E-state index contributed by atoms with van der Waals surface area (Å²) in [5, 5.41) is 0.706. The number of rotatable bonds is 4. The Balaban J connectivity index is 2.28. The van der Waals surface area contributed by atoms with Gasteiger partial charge in [-0.25, -0.2) is 4.39 Å². The average molecular weight is 279 g/mol. The number of hydrazine groups is 1. The van der Waals surface area contributed by atoms with Crippen LogP contribution in [0.5, 0.6) is 0 Å². The van der Waals surface area contributed by atoms with Crippen LogP contribution in [0.3, 0.4) is 0 Å². The van der Waals surface area contributed by atoms with E-state index < -0.39 is 0 Å². The highest BCUT2D eigenvalue weighted by atomic mass is 35.5. The topological polar surface area (TPSA) is 38.0 Å². The Morgan fingerprint density at radius 1 is 1.26 bits per heavy atom. The van der Waals surface area contributed by atoms with E-state index in [0.29, 0.717) is 11.4 Å². The molecule has 2 rings (SSSR count). The van der Waals surface area contributed by atoms with Crippen molar-refractivity contribution >= 4 is 11.6 Å². The summed E-state index contributed by atoms with van der Waals surface area (Å²) < 4.78 is 13.2. The van der Waals surface area contributed by atoms with E-state index >= 15 is 0 Å². The molecule has 0 saturated heterocycles. The van der Waals surface area contributed by atoms with Crippen LogP contribution in [-0.2, 0) is 6.42 Å². The summed E-state index contributed by atoms with van der Waals surface area (Å²) in [5.41, 5.74) is 5.68. The van der Waals surface area contributed by atoms with Crippen molar-refractivity contribution in [2.24, 2.45) is 5.84 Å². The van der Waals surface area contributed by atoms with Gasteiger partial charge in [-0.15, -0.1) is 0 Å². The summed E-state index contributed by atoms with van der Waals surface area (Å²) in [6.07, 6.45) is 0.607. The van der Waals surface area contributed by atoms with Crippen LogP contribution in [0.1, 0.15) is 22.7 Å². The van der Waals surface area contributed by atoms with Crippen molar-refractivity contribution in [2.75, 3.05) is 0 Å². The summed E-state index contributed by atoms with van der Waals surface area (Å²) in [5.74, 6) is 5.38. The summed E-state index contributed by atoms with van der Waals surface area (Å²) >= 11 is 6.11. The van der Waals surface area contributed by atoms with E-state index in [9.17, 15) is 4.39 Å². The van der Waals surface area contributed by atoms with Gasteiger partial charge >= 0.3 is 0 Å². The van der Waals surface area contributed by atoms with Crippen LogP contribution >= 0.6 is 11.6 Å². The van der Waals surface area contributed by atoms with E-state index in [2.05, 4.69) is 5.43 Å². The van der Waals surface area contributed by atoms with Crippen molar-refractivity contribution in [3.63, 3.8) is 0 Å². The van der Waals surface area contributed by atoms with Gasteiger partial charge in [-0.05, 0) is 48.2 Å². The molecule has 0 bridgehead atoms. The number of nitrogens with two attached hydrogens (primary N) is 1. The molecule has 0 aliphatic carbocycles. The van der Waals surface area contributed by atoms with E-state index in [0.717, 1.165) is 16.7 Å². The van der Waals surface area contributed by atoms with Gasteiger partial charge in [-0.2, -0.15) is 0 Å². The number of hydrogen-bond donors (Lipinski definition) is 2. The van der Waals surface area contributed by atoms with Crippen LogP contribution in [0, 0.1) is 12.7 Å². The van der Waals surface area contributed by atoms with E-state index in [-0.39, 0.29) is 11.9 Å². The first-order valence-corrected chi connectivity index (χ1v) is 6.45. The Morgan fingerprint density at radius 3 is 2.68 bits per heavy atom. The maximum absolute atomic E-state index is 13.2. The zero-order chi connectivity index (χ0) is 13.8. The third-order valence-electron chi connectivity index (χ3n) is 3.22. The van der Waals surface area contributed by atoms with Crippen molar-refractivity contribution in [1.29, 1.82) is 0 Å². The van der Waals surface area contributed by atoms with Gasteiger partial charge in [0.05, 0.1) is 6.04 Å². The molecule has 0 heterocycles. The lowest BCUT2D eigenvalue weighted by atomic mass is 9.96. The van der Waals surface area contributed by atoms with Crippen molar-refractivity contribution in [2.45, 2.75) is 19.4 Å². The van der Waals surface area contributed by atoms with Gasteiger partial charge in [0, 0.05) is 5.02 Å². The molecule has 0 aliphatic rings. The van der Waals surface area contributed by atoms with Crippen LogP contribution in [-0.4, -0.2) is 0 Å². The van der Waals surface area contributed by atoms with Crippen molar-refractivity contribution in [1.82, 2.24) is 5.43 Å². The number of hydrogen-bond acceptors (Lipinski definition) is 2. The van der Waals surface area contributed by atoms with Crippen LogP contribution in [0.4, 0.5) is 4.39 Å². The summed E-state index contributed by atoms with van der Waals surface area (Å²) in [6.45, 7) is 1.95. The fraction of sp³-hybridized carbons (Fsp3) is 0.200. The molecule has 4 heteroatoms. The van der Waals surface area contributed by atoms with E-state index in [1.54, 1.807) is 6.07 Å². The Kier molecular flexibility index (Phi) is 4.53. The molecule has 2 aromatic carbocycles. The van der Waals surface area contributed by atoms with Crippen molar-refractivity contribution in [3.05, 3.63) is 70.0 Å². The molecule has 0 fully saturated rings. The standard InChI is InChI=1S/C15H16ClFN2/c1-10-13(6-3-7-14(10)16)15(19-18)9-11-4-2-5-12(17)8-11/h2-8,15,19H,9,18H2,1H3. The lowest BCUT2D eigenvalue weighted by molar-refractivity contribution is 0.546. The van der Waals surface area contributed by atoms with Crippen molar-refractivity contribution < 1.29 is 4.39 Å². The quantitative estimate of drug-likeness (QED) is 0.663. The minimum absolute atomic E-state index is 0.0968. The van der Waals surface area contributed by atoms with Gasteiger partial charge in [-0.1, -0.05) is 35.9 Å². The van der Waals surface area contributed by atoms with Gasteiger partial charge in [0.25, 0.3) is 0 Å². The zero-order valence-corrected chi connectivity index (χ0v) is 11.4. The molecule has 0 saturated carbocycles. The second-order valence-corrected chi connectivity index (χ2v) is 4.91. The molecule has 100 valence electrons. The van der Waals surface area contributed by atoms with Crippen LogP contribution in [0.2, 0.25) is 5.02 Å². The summed E-state index contributed by atoms with van der Waals surface area (Å²) in [7, 11) is 0. The Bertz CT molecular complexity index is 572. The van der Waals surface area contributed by atoms with Crippen LogP contribution in [0.25, 0.3) is 0 Å². The van der Waals surface area contributed by atoms with Crippen LogP contribution in [0.15, 0.2) is 42.5 Å². The van der Waals surface area contributed by atoms with E-state index in [1.807, 2.05) is 31.2 Å². The molecule has 19 heavy (non-hydrogen) atoms. The zero-order valence-electron chi connectivity index (χ0n) is 10.7. The van der Waals surface area contributed by atoms with Gasteiger partial charge in [-0.3, -0.25) is 11.3 Å². The Labute approximate surface area is 117 Å². The molecule has 1 atom stereocenters. The number of halogens is 2. The van der Waals surface area contributed by atoms with E-state index in [1.165, 1.54) is 12.1 Å². The predicted octanol–water partition coefficient (Wildman–Crippen LogP) is 3.53. The molecular weight excluding hydrogens is 263 g/mol. The van der Waals surface area contributed by atoms with Crippen molar-refractivity contribution in [3.8, 4) is 0 Å². The molecule has 0 amide bonds. The fourth-order valence-electron chi connectivity index (χ4n) is 2.16. The van der Waals surface area contributed by atoms with Crippen LogP contribution < -0.4 is 11.3 Å². The molecular formula is C15H16ClFN2. The molecule has 1 unspecified atom stereocenters. The molecule has 2 aromatic rings. The highest BCUT2D eigenvalue weighted by Gasteiger charge is 2.14. The summed E-state index contributed by atoms with van der Waals surface area (Å²) in [6, 6.07) is 12.1. The number of benzene rings is 2. The maximum atomic E-state index is 13.2. The molecule has 0 aliphatic heterocycles. The first-order chi connectivity index (χ1) is 9.11. The molecule has 2 nitrogen and oxygen atoms in total. The normalized spacial score (nSPS) is 12.4. The van der Waals surface area contributed by atoms with Gasteiger partial charge < -0.3 is 0 Å². The second kappa shape index (κ2) is 6.15. The van der Waals surface area contributed by atoms with Gasteiger partial charge in [0.15, 0.2) is 0 Å². The molecule has 0 spiro atoms. The minimum atomic E-state index is -0.240. The van der Waals surface area contributed by atoms with Gasteiger partial charge in [0.1, 0.15) is 5.82 Å². The fourth-order valence-corrected chi connectivity index (χ4v) is 2.34. The maximum Gasteiger partial charge on any atom is 0.123 e. The highest BCUT2D eigenvalue weighted by Crippen LogP contribution is 2.26. The van der Waals surface area contributed by atoms with Gasteiger partial charge in [0.2, 0.25) is 0 Å². The molecule has 3 N–H and O–H groups in total. The molecule has 0 radical (unpaired) electrons. The average Bonchev–Trinajstić information content (AvgIpc) is 2.40. The lowest BCUT2D eigenvalue weighted by Gasteiger charge is -2.19.